The quantitative estimate of drug-likeness (QED) is 0.565. The highest BCUT2D eigenvalue weighted by Gasteiger charge is 2.22. The zero-order valence-corrected chi connectivity index (χ0v) is 13.1. The molecule has 0 amide bonds. The van der Waals surface area contributed by atoms with Gasteiger partial charge in [-0.25, -0.2) is 0 Å². The molecule has 0 aliphatic carbocycles. The summed E-state index contributed by atoms with van der Waals surface area (Å²) in [7, 11) is 0. The minimum atomic E-state index is -0.364. The molecule has 2 atom stereocenters. The summed E-state index contributed by atoms with van der Waals surface area (Å²) in [6, 6.07) is 0. The van der Waals surface area contributed by atoms with Crippen molar-refractivity contribution < 1.29 is 4.74 Å². The third-order valence-electron chi connectivity index (χ3n) is 2.74. The number of nitrogens with zero attached hydrogens (tertiary/aromatic N) is 3. The van der Waals surface area contributed by atoms with Gasteiger partial charge in [0, 0.05) is 23.6 Å². The van der Waals surface area contributed by atoms with E-state index >= 15 is 0 Å². The third-order valence-corrected chi connectivity index (χ3v) is 4.91. The maximum Gasteiger partial charge on any atom is 0.288 e. The van der Waals surface area contributed by atoms with Crippen molar-refractivity contribution in [2.45, 2.75) is 28.7 Å². The first-order valence-corrected chi connectivity index (χ1v) is 7.94. The van der Waals surface area contributed by atoms with E-state index in [1.165, 1.54) is 10.9 Å². The summed E-state index contributed by atoms with van der Waals surface area (Å²) in [5.41, 5.74) is 0.165. The van der Waals surface area contributed by atoms with Crippen LogP contribution in [-0.4, -0.2) is 16.4 Å². The smallest absolute Gasteiger partial charge is 0.288 e. The number of ether oxygens (including phenoxy) is 1. The maximum absolute atomic E-state index is 12.1. The Morgan fingerprint density at radius 1 is 1.67 bits per heavy atom. The van der Waals surface area contributed by atoms with Crippen LogP contribution in [0.4, 0.5) is 0 Å². The second kappa shape index (κ2) is 6.29. The zero-order valence-electron chi connectivity index (χ0n) is 9.38. The van der Waals surface area contributed by atoms with Crippen LogP contribution >= 0.6 is 45.6 Å². The van der Waals surface area contributed by atoms with Gasteiger partial charge in [0.1, 0.15) is 8.28 Å². The molecule has 18 heavy (non-hydrogen) atoms. The van der Waals surface area contributed by atoms with Crippen LogP contribution in [0.2, 0.25) is 5.02 Å². The van der Waals surface area contributed by atoms with E-state index in [0.29, 0.717) is 23.6 Å². The van der Waals surface area contributed by atoms with Crippen LogP contribution in [0.3, 0.4) is 0 Å². The summed E-state index contributed by atoms with van der Waals surface area (Å²) in [6.07, 6.45) is 3.98. The molecule has 0 saturated carbocycles. The first-order valence-electron chi connectivity index (χ1n) is 5.48. The molecule has 0 radical (unpaired) electrons. The Balaban J connectivity index is 2.37. The molecule has 0 bridgehead atoms. The monoisotopic (exact) mass is 399 g/mol. The topological polar surface area (TPSA) is 67.9 Å². The molecule has 0 N–H and O–H groups in total. The fourth-order valence-corrected chi connectivity index (χ4v) is 3.05. The highest BCUT2D eigenvalue weighted by molar-refractivity contribution is 14.1. The Morgan fingerprint density at radius 2 is 2.44 bits per heavy atom. The average Bonchev–Trinajstić information content (AvgIpc) is 2.42. The highest BCUT2D eigenvalue weighted by atomic mass is 127. The molecular formula is C10H11ClIN3O2S. The fourth-order valence-electron chi connectivity index (χ4n) is 1.79. The molecule has 1 aromatic rings. The Labute approximate surface area is 127 Å². The summed E-state index contributed by atoms with van der Waals surface area (Å²) in [6.45, 7) is 0.638. The molecule has 1 fully saturated rings. The Hall–Kier alpha value is -0.210. The molecule has 1 aromatic heterocycles. The maximum atomic E-state index is 12.1. The van der Waals surface area contributed by atoms with Crippen molar-refractivity contribution in [1.29, 1.82) is 4.61 Å². The first kappa shape index (κ1) is 14.2. The van der Waals surface area contributed by atoms with Crippen molar-refractivity contribution in [1.82, 2.24) is 9.78 Å². The van der Waals surface area contributed by atoms with Gasteiger partial charge in [0.25, 0.3) is 5.56 Å². The van der Waals surface area contributed by atoms with E-state index < -0.39 is 0 Å². The molecule has 2 heterocycles. The van der Waals surface area contributed by atoms with Gasteiger partial charge in [0.15, 0.2) is 6.23 Å². The molecule has 0 spiro atoms. The third kappa shape index (κ3) is 2.85. The van der Waals surface area contributed by atoms with E-state index in [-0.39, 0.29) is 20.1 Å². The van der Waals surface area contributed by atoms with Crippen molar-refractivity contribution in [3.63, 3.8) is 0 Å². The molecular weight excluding hydrogens is 389 g/mol. The van der Waals surface area contributed by atoms with Crippen molar-refractivity contribution in [3.05, 3.63) is 27.1 Å². The van der Waals surface area contributed by atoms with E-state index in [4.69, 9.17) is 20.9 Å². The van der Waals surface area contributed by atoms with E-state index in [9.17, 15) is 4.79 Å². The normalized spacial score (nSPS) is 21.5. The van der Waals surface area contributed by atoms with Gasteiger partial charge in [0.2, 0.25) is 0 Å². The summed E-state index contributed by atoms with van der Waals surface area (Å²) in [5.74, 6) is 0. The Morgan fingerprint density at radius 3 is 3.06 bits per heavy atom. The van der Waals surface area contributed by atoms with E-state index in [0.717, 1.165) is 19.3 Å². The van der Waals surface area contributed by atoms with Gasteiger partial charge in [0.05, 0.1) is 6.20 Å². The molecule has 1 aliphatic heterocycles. The second-order valence-corrected chi connectivity index (χ2v) is 7.06. The lowest BCUT2D eigenvalue weighted by Gasteiger charge is -2.23. The lowest BCUT2D eigenvalue weighted by Crippen LogP contribution is -2.31. The largest absolute Gasteiger partial charge is 0.356 e. The summed E-state index contributed by atoms with van der Waals surface area (Å²) in [4.78, 5) is 12.1. The zero-order chi connectivity index (χ0) is 13.1. The van der Waals surface area contributed by atoms with Crippen LogP contribution in [0.1, 0.15) is 34.3 Å². The van der Waals surface area contributed by atoms with Crippen molar-refractivity contribution >= 4 is 45.6 Å². The predicted molar refractivity (Wildman–Crippen MR) is 78.4 cm³/mol. The van der Waals surface area contributed by atoms with Gasteiger partial charge in [-0.2, -0.15) is 14.4 Å². The van der Waals surface area contributed by atoms with Crippen LogP contribution in [0.5, 0.6) is 0 Å². The van der Waals surface area contributed by atoms with Gasteiger partial charge >= 0.3 is 0 Å². The van der Waals surface area contributed by atoms with E-state index in [2.05, 4.69) is 5.10 Å². The highest BCUT2D eigenvalue weighted by Crippen LogP contribution is 2.32. The number of aromatic nitrogens is 2. The number of rotatable bonds is 2. The van der Waals surface area contributed by atoms with Gasteiger partial charge in [-0.15, -0.1) is 0 Å². The Bertz CT molecular complexity index is 539. The summed E-state index contributed by atoms with van der Waals surface area (Å²) >= 11 is 8.65. The molecule has 8 heteroatoms. The lowest BCUT2D eigenvalue weighted by molar-refractivity contribution is -0.0425. The van der Waals surface area contributed by atoms with Crippen LogP contribution < -0.4 is 5.56 Å². The molecule has 5 nitrogen and oxygen atoms in total. The van der Waals surface area contributed by atoms with Crippen LogP contribution in [0.25, 0.3) is 0 Å². The fraction of sp³-hybridized carbons (Fsp3) is 0.600. The van der Waals surface area contributed by atoms with Gasteiger partial charge < -0.3 is 4.74 Å². The number of alkyl halides is 1. The van der Waals surface area contributed by atoms with Gasteiger partial charge in [-0.1, -0.05) is 34.2 Å². The molecule has 0 aromatic carbocycles. The number of hydrogen-bond donors (Lipinski definition) is 0. The minimum absolute atomic E-state index is 0.0973. The summed E-state index contributed by atoms with van der Waals surface area (Å²) < 4.78 is 15.5. The van der Waals surface area contributed by atoms with Crippen LogP contribution in [-0.2, 0) is 4.74 Å². The number of hydrogen-bond acceptors (Lipinski definition) is 4. The SMILES string of the molecule is N#SC(I)c1cnn(C2CCCCO2)c(=O)c1Cl. The average molecular weight is 400 g/mol. The van der Waals surface area contributed by atoms with Crippen molar-refractivity contribution in [2.24, 2.45) is 0 Å². The van der Waals surface area contributed by atoms with Crippen molar-refractivity contribution in [3.8, 4) is 0 Å². The second-order valence-electron chi connectivity index (χ2n) is 3.91. The molecule has 2 unspecified atom stereocenters. The molecule has 98 valence electrons. The first-order chi connectivity index (χ1) is 8.65. The molecule has 1 aliphatic rings. The number of halogens is 2. The standard InChI is InChI=1S/C10H11ClIN3O2S/c11-8-6(9(12)18-13)5-14-15(10(8)16)7-3-1-2-4-17-7/h5,7,9H,1-4H2. The van der Waals surface area contributed by atoms with E-state index in [1.807, 2.05) is 22.6 Å². The molecule has 2 rings (SSSR count). The van der Waals surface area contributed by atoms with E-state index in [1.54, 1.807) is 0 Å². The van der Waals surface area contributed by atoms with Crippen molar-refractivity contribution in [2.75, 3.05) is 6.61 Å². The summed E-state index contributed by atoms with van der Waals surface area (Å²) in [5, 5.41) is 4.19. The van der Waals surface area contributed by atoms with Crippen LogP contribution in [0, 0.1) is 4.61 Å². The van der Waals surface area contributed by atoms with Crippen LogP contribution in [0.15, 0.2) is 11.0 Å². The van der Waals surface area contributed by atoms with Gasteiger partial charge in [-0.05, 0) is 19.3 Å². The minimum Gasteiger partial charge on any atom is -0.356 e. The molecule has 1 saturated heterocycles. The lowest BCUT2D eigenvalue weighted by atomic mass is 10.2. The predicted octanol–water partition coefficient (Wildman–Crippen LogP) is 3.24. The Kier molecular flexibility index (Phi) is 4.97. The van der Waals surface area contributed by atoms with Gasteiger partial charge in [-0.3, -0.25) is 4.79 Å².